The lowest BCUT2D eigenvalue weighted by atomic mass is 9.96. The summed E-state index contributed by atoms with van der Waals surface area (Å²) in [7, 11) is 0. The molecule has 2 saturated carbocycles. The van der Waals surface area contributed by atoms with Gasteiger partial charge in [0.1, 0.15) is 5.01 Å². The summed E-state index contributed by atoms with van der Waals surface area (Å²) in [6.45, 7) is 3.46. The van der Waals surface area contributed by atoms with Crippen LogP contribution < -0.4 is 5.32 Å². The Labute approximate surface area is 146 Å². The van der Waals surface area contributed by atoms with Crippen molar-refractivity contribution < 1.29 is 9.59 Å². The predicted octanol–water partition coefficient (Wildman–Crippen LogP) is 2.67. The highest BCUT2D eigenvalue weighted by Gasteiger charge is 2.39. The molecular formula is C18H25N3O2S. The Morgan fingerprint density at radius 3 is 2.67 bits per heavy atom. The second kappa shape index (κ2) is 6.47. The van der Waals surface area contributed by atoms with E-state index in [-0.39, 0.29) is 29.7 Å². The van der Waals surface area contributed by atoms with E-state index in [1.165, 1.54) is 17.7 Å². The topological polar surface area (TPSA) is 62.3 Å². The maximum atomic E-state index is 12.8. The van der Waals surface area contributed by atoms with Crippen LogP contribution in [-0.4, -0.2) is 34.8 Å². The second-order valence-corrected chi connectivity index (χ2v) is 8.80. The number of hydrogen-bond acceptors (Lipinski definition) is 4. The number of hydrogen-bond donors (Lipinski definition) is 1. The largest absolute Gasteiger partial charge is 0.346 e. The third-order valence-electron chi connectivity index (χ3n) is 5.33. The zero-order chi connectivity index (χ0) is 16.7. The maximum Gasteiger partial charge on any atom is 0.225 e. The second-order valence-electron chi connectivity index (χ2n) is 7.53. The van der Waals surface area contributed by atoms with Crippen LogP contribution in [0.4, 0.5) is 0 Å². The van der Waals surface area contributed by atoms with Gasteiger partial charge in [-0.1, -0.05) is 0 Å². The molecule has 2 atom stereocenters. The number of nitrogens with zero attached hydrogens (tertiary/aromatic N) is 2. The molecule has 3 aliphatic rings. The summed E-state index contributed by atoms with van der Waals surface area (Å²) < 4.78 is 0. The van der Waals surface area contributed by atoms with Crippen molar-refractivity contribution >= 4 is 23.2 Å². The molecule has 4 rings (SSSR count). The summed E-state index contributed by atoms with van der Waals surface area (Å²) >= 11 is 1.68. The number of aryl methyl sites for hydroxylation is 1. The van der Waals surface area contributed by atoms with Crippen LogP contribution in [0.1, 0.15) is 54.5 Å². The van der Waals surface area contributed by atoms with Crippen LogP contribution in [0.25, 0.3) is 0 Å². The van der Waals surface area contributed by atoms with Crippen LogP contribution >= 0.6 is 11.3 Å². The van der Waals surface area contributed by atoms with Gasteiger partial charge in [0.05, 0.1) is 12.0 Å². The minimum absolute atomic E-state index is 0.0608. The minimum Gasteiger partial charge on any atom is -0.346 e. The van der Waals surface area contributed by atoms with Crippen molar-refractivity contribution in [1.29, 1.82) is 0 Å². The molecule has 2 heterocycles. The third-order valence-corrected chi connectivity index (χ3v) is 6.32. The highest BCUT2D eigenvalue weighted by atomic mass is 32.1. The van der Waals surface area contributed by atoms with Gasteiger partial charge in [-0.05, 0) is 51.4 Å². The number of thiazole rings is 1. The lowest BCUT2D eigenvalue weighted by Gasteiger charge is -2.33. The van der Waals surface area contributed by atoms with Crippen molar-refractivity contribution in [2.45, 2.75) is 51.5 Å². The molecule has 2 amide bonds. The summed E-state index contributed by atoms with van der Waals surface area (Å²) in [6, 6.07) is 0.0608. The first-order chi connectivity index (χ1) is 11.6. The highest BCUT2D eigenvalue weighted by molar-refractivity contribution is 7.11. The maximum absolute atomic E-state index is 12.8. The molecule has 2 unspecified atom stereocenters. The molecule has 0 aromatic carbocycles. The number of carbonyl (C=O) groups is 2. The van der Waals surface area contributed by atoms with Gasteiger partial charge in [-0.2, -0.15) is 0 Å². The van der Waals surface area contributed by atoms with Gasteiger partial charge in [0.15, 0.2) is 0 Å². The number of likely N-dealkylation sites (tertiary alicyclic amines) is 1. The van der Waals surface area contributed by atoms with Gasteiger partial charge >= 0.3 is 0 Å². The number of amides is 2. The molecule has 0 bridgehead atoms. The van der Waals surface area contributed by atoms with E-state index in [1.54, 1.807) is 11.3 Å². The Balaban J connectivity index is 1.39. The first-order valence-electron chi connectivity index (χ1n) is 9.13. The van der Waals surface area contributed by atoms with E-state index in [2.05, 4.69) is 17.2 Å². The summed E-state index contributed by atoms with van der Waals surface area (Å²) in [5.41, 5.74) is 0. The van der Waals surface area contributed by atoms with E-state index in [9.17, 15) is 9.59 Å². The van der Waals surface area contributed by atoms with Gasteiger partial charge in [0.25, 0.3) is 0 Å². The fourth-order valence-corrected chi connectivity index (χ4v) is 4.50. The summed E-state index contributed by atoms with van der Waals surface area (Å²) in [4.78, 5) is 32.7. The number of carbonyl (C=O) groups excluding carboxylic acids is 2. The Kier molecular flexibility index (Phi) is 4.33. The number of piperidine rings is 1. The molecule has 5 nitrogen and oxygen atoms in total. The number of aromatic nitrogens is 1. The van der Waals surface area contributed by atoms with E-state index in [1.807, 2.05) is 11.1 Å². The molecule has 1 aromatic heterocycles. The summed E-state index contributed by atoms with van der Waals surface area (Å²) in [6.07, 6.45) is 8.09. The molecule has 2 aliphatic carbocycles. The fraction of sp³-hybridized carbons (Fsp3) is 0.722. The first kappa shape index (κ1) is 16.1. The molecule has 1 aliphatic heterocycles. The Bertz CT molecular complexity index is 636. The van der Waals surface area contributed by atoms with Crippen LogP contribution in [0.3, 0.4) is 0 Å². The van der Waals surface area contributed by atoms with Crippen LogP contribution in [0.5, 0.6) is 0 Å². The van der Waals surface area contributed by atoms with Crippen LogP contribution in [0.15, 0.2) is 6.20 Å². The van der Waals surface area contributed by atoms with Gasteiger partial charge in [-0.25, -0.2) is 4.98 Å². The predicted molar refractivity (Wildman–Crippen MR) is 92.5 cm³/mol. The SMILES string of the molecule is Cc1cnc(C(NC(=O)C2CCCN(C(=O)C3CC3)C2)C2CC2)s1. The van der Waals surface area contributed by atoms with E-state index >= 15 is 0 Å². The molecule has 1 N–H and O–H groups in total. The minimum atomic E-state index is -0.0660. The Morgan fingerprint density at radius 2 is 2.04 bits per heavy atom. The van der Waals surface area contributed by atoms with Gasteiger partial charge in [-0.15, -0.1) is 11.3 Å². The van der Waals surface area contributed by atoms with Crippen molar-refractivity contribution in [3.8, 4) is 0 Å². The Morgan fingerprint density at radius 1 is 1.25 bits per heavy atom. The molecule has 0 radical (unpaired) electrons. The van der Waals surface area contributed by atoms with Crippen molar-refractivity contribution in [2.24, 2.45) is 17.8 Å². The molecule has 6 heteroatoms. The monoisotopic (exact) mass is 347 g/mol. The van der Waals surface area contributed by atoms with E-state index < -0.39 is 0 Å². The molecular weight excluding hydrogens is 322 g/mol. The van der Waals surface area contributed by atoms with Crippen LogP contribution in [0.2, 0.25) is 0 Å². The van der Waals surface area contributed by atoms with Gasteiger partial charge in [-0.3, -0.25) is 9.59 Å². The zero-order valence-corrected chi connectivity index (χ0v) is 15.0. The lowest BCUT2D eigenvalue weighted by molar-refractivity contribution is -0.137. The molecule has 130 valence electrons. The van der Waals surface area contributed by atoms with E-state index in [0.29, 0.717) is 12.5 Å². The van der Waals surface area contributed by atoms with Gasteiger partial charge in [0, 0.05) is 30.1 Å². The molecule has 0 spiro atoms. The molecule has 3 fully saturated rings. The van der Waals surface area contributed by atoms with Crippen LogP contribution in [-0.2, 0) is 9.59 Å². The Hall–Kier alpha value is -1.43. The first-order valence-corrected chi connectivity index (χ1v) is 9.95. The summed E-state index contributed by atoms with van der Waals surface area (Å²) in [5, 5.41) is 4.29. The van der Waals surface area contributed by atoms with Crippen molar-refractivity contribution in [1.82, 2.24) is 15.2 Å². The normalized spacial score (nSPS) is 25.4. The zero-order valence-electron chi connectivity index (χ0n) is 14.2. The molecule has 1 saturated heterocycles. The third kappa shape index (κ3) is 3.48. The standard InChI is InChI=1S/C18H25N3O2S/c1-11-9-19-17(24-11)15(12-4-5-12)20-16(22)14-3-2-8-21(10-14)18(23)13-6-7-13/h9,12-15H,2-8,10H2,1H3,(H,20,22). The van der Waals surface area contributed by atoms with Gasteiger partial charge in [0.2, 0.25) is 11.8 Å². The van der Waals surface area contributed by atoms with Crippen molar-refractivity contribution in [2.75, 3.05) is 13.1 Å². The highest BCUT2D eigenvalue weighted by Crippen LogP contribution is 2.42. The molecule has 24 heavy (non-hydrogen) atoms. The van der Waals surface area contributed by atoms with Crippen LogP contribution in [0, 0.1) is 24.7 Å². The number of nitrogens with one attached hydrogen (secondary N) is 1. The molecule has 1 aromatic rings. The van der Waals surface area contributed by atoms with E-state index in [0.717, 1.165) is 37.2 Å². The smallest absolute Gasteiger partial charge is 0.225 e. The van der Waals surface area contributed by atoms with Crippen molar-refractivity contribution in [3.05, 3.63) is 16.1 Å². The lowest BCUT2D eigenvalue weighted by Crippen LogP contribution is -2.46. The van der Waals surface area contributed by atoms with E-state index in [4.69, 9.17) is 0 Å². The number of rotatable bonds is 5. The average Bonchev–Trinajstić information content (AvgIpc) is 3.50. The summed E-state index contributed by atoms with van der Waals surface area (Å²) in [5.74, 6) is 1.08. The quantitative estimate of drug-likeness (QED) is 0.891. The van der Waals surface area contributed by atoms with Gasteiger partial charge < -0.3 is 10.2 Å². The van der Waals surface area contributed by atoms with Crippen molar-refractivity contribution in [3.63, 3.8) is 0 Å². The average molecular weight is 347 g/mol. The fourth-order valence-electron chi connectivity index (χ4n) is 3.58.